The third-order valence-corrected chi connectivity index (χ3v) is 5.73. The Labute approximate surface area is 179 Å². The molecule has 0 unspecified atom stereocenters. The van der Waals surface area contributed by atoms with E-state index in [0.29, 0.717) is 5.69 Å². The van der Waals surface area contributed by atoms with Crippen molar-refractivity contribution in [2.75, 3.05) is 13.4 Å². The number of methoxy groups -OCH3 is 1. The van der Waals surface area contributed by atoms with Crippen LogP contribution in [0.3, 0.4) is 0 Å². The van der Waals surface area contributed by atoms with Gasteiger partial charge in [0, 0.05) is 29.5 Å². The first-order valence-electron chi connectivity index (χ1n) is 9.40. The van der Waals surface area contributed by atoms with Gasteiger partial charge in [-0.25, -0.2) is 13.4 Å². The molecule has 0 saturated carbocycles. The van der Waals surface area contributed by atoms with Crippen molar-refractivity contribution < 1.29 is 17.9 Å². The van der Waals surface area contributed by atoms with Gasteiger partial charge in [0.1, 0.15) is 5.75 Å². The summed E-state index contributed by atoms with van der Waals surface area (Å²) in [4.78, 5) is 21.4. The van der Waals surface area contributed by atoms with E-state index in [1.165, 1.54) is 18.5 Å². The van der Waals surface area contributed by atoms with E-state index < -0.39 is 10.0 Å². The highest BCUT2D eigenvalue weighted by Gasteiger charge is 2.12. The highest BCUT2D eigenvalue weighted by atomic mass is 32.2. The van der Waals surface area contributed by atoms with E-state index in [-0.39, 0.29) is 18.0 Å². The van der Waals surface area contributed by atoms with Crippen LogP contribution in [0.15, 0.2) is 67.1 Å². The van der Waals surface area contributed by atoms with Crippen LogP contribution in [0.25, 0.3) is 22.2 Å². The Morgan fingerprint density at radius 2 is 2.00 bits per heavy atom. The summed E-state index contributed by atoms with van der Waals surface area (Å²) in [6.07, 6.45) is 5.39. The number of amides is 1. The molecule has 31 heavy (non-hydrogen) atoms. The van der Waals surface area contributed by atoms with Gasteiger partial charge in [-0.15, -0.1) is 0 Å². The van der Waals surface area contributed by atoms with Crippen LogP contribution in [0.4, 0.5) is 0 Å². The number of fused-ring (bicyclic) bond motifs is 1. The third-order valence-electron chi connectivity index (χ3n) is 4.74. The van der Waals surface area contributed by atoms with Crippen LogP contribution in [0.2, 0.25) is 0 Å². The summed E-state index contributed by atoms with van der Waals surface area (Å²) in [7, 11) is -1.81. The molecule has 4 rings (SSSR count). The van der Waals surface area contributed by atoms with Gasteiger partial charge in [-0.2, -0.15) is 0 Å². The fraction of sp³-hybridized carbons (Fsp3) is 0.136. The highest BCUT2D eigenvalue weighted by Crippen LogP contribution is 2.24. The molecule has 0 radical (unpaired) electrons. The number of hydrogen-bond acceptors (Lipinski definition) is 6. The number of ether oxygens (including phenoxy) is 1. The lowest BCUT2D eigenvalue weighted by Crippen LogP contribution is -2.23. The number of hydrogen-bond donors (Lipinski definition) is 1. The van der Waals surface area contributed by atoms with Gasteiger partial charge in [-0.05, 0) is 36.4 Å². The van der Waals surface area contributed by atoms with Crippen LogP contribution >= 0.6 is 0 Å². The van der Waals surface area contributed by atoms with E-state index in [4.69, 9.17) is 9.72 Å². The predicted molar refractivity (Wildman–Crippen MR) is 117 cm³/mol. The summed E-state index contributed by atoms with van der Waals surface area (Å²) in [5.41, 5.74) is 3.38. The number of aromatic nitrogens is 3. The maximum absolute atomic E-state index is 12.3. The van der Waals surface area contributed by atoms with Crippen molar-refractivity contribution in [3.05, 3.63) is 78.4 Å². The molecule has 1 aromatic carbocycles. The molecule has 3 heterocycles. The van der Waals surface area contributed by atoms with Gasteiger partial charge >= 0.3 is 0 Å². The van der Waals surface area contributed by atoms with Crippen LogP contribution in [0.1, 0.15) is 16.1 Å². The van der Waals surface area contributed by atoms with Crippen LogP contribution < -0.4 is 10.1 Å². The van der Waals surface area contributed by atoms with E-state index in [0.717, 1.165) is 38.1 Å². The SMILES string of the molecule is COc1cccc(-c2ccc3cnc(CNC(=O)c4ccn(S(C)(=O)=O)c4)cc3n2)c1. The molecular formula is C22H20N4O4S. The second-order valence-corrected chi connectivity index (χ2v) is 8.86. The Kier molecular flexibility index (Phi) is 5.43. The minimum absolute atomic E-state index is 0.184. The van der Waals surface area contributed by atoms with Crippen molar-refractivity contribution in [1.29, 1.82) is 0 Å². The lowest BCUT2D eigenvalue weighted by molar-refractivity contribution is 0.0950. The van der Waals surface area contributed by atoms with Gasteiger partial charge in [0.15, 0.2) is 0 Å². The molecule has 3 aromatic heterocycles. The largest absolute Gasteiger partial charge is 0.497 e. The Balaban J connectivity index is 1.53. The van der Waals surface area contributed by atoms with Crippen LogP contribution in [0, 0.1) is 0 Å². The van der Waals surface area contributed by atoms with Gasteiger partial charge in [0.25, 0.3) is 5.91 Å². The predicted octanol–water partition coefficient (Wildman–Crippen LogP) is 2.84. The van der Waals surface area contributed by atoms with E-state index in [1.54, 1.807) is 13.3 Å². The van der Waals surface area contributed by atoms with Crippen molar-refractivity contribution in [3.63, 3.8) is 0 Å². The summed E-state index contributed by atoms with van der Waals surface area (Å²) in [5, 5.41) is 3.63. The molecule has 9 heteroatoms. The molecule has 0 fully saturated rings. The van der Waals surface area contributed by atoms with Gasteiger partial charge in [0.05, 0.1) is 42.4 Å². The summed E-state index contributed by atoms with van der Waals surface area (Å²) in [6, 6.07) is 14.8. The Morgan fingerprint density at radius 3 is 2.74 bits per heavy atom. The van der Waals surface area contributed by atoms with E-state index >= 15 is 0 Å². The molecule has 0 aliphatic rings. The molecule has 1 N–H and O–H groups in total. The first-order valence-corrected chi connectivity index (χ1v) is 11.3. The van der Waals surface area contributed by atoms with Crippen molar-refractivity contribution in [1.82, 2.24) is 19.3 Å². The topological polar surface area (TPSA) is 103 Å². The maximum atomic E-state index is 12.3. The highest BCUT2D eigenvalue weighted by molar-refractivity contribution is 7.89. The number of pyridine rings is 2. The quantitative estimate of drug-likeness (QED) is 0.499. The Bertz CT molecular complexity index is 1380. The second kappa shape index (κ2) is 8.19. The Hall–Kier alpha value is -3.72. The molecular weight excluding hydrogens is 416 g/mol. The molecule has 0 aliphatic carbocycles. The van der Waals surface area contributed by atoms with Crippen molar-refractivity contribution >= 4 is 26.8 Å². The average Bonchev–Trinajstić information content (AvgIpc) is 3.28. The number of carbonyl (C=O) groups excluding carboxylic acids is 1. The fourth-order valence-electron chi connectivity index (χ4n) is 3.09. The zero-order chi connectivity index (χ0) is 22.0. The number of benzene rings is 1. The monoisotopic (exact) mass is 436 g/mol. The number of carbonyl (C=O) groups is 1. The van der Waals surface area contributed by atoms with Gasteiger partial charge in [-0.1, -0.05) is 12.1 Å². The van der Waals surface area contributed by atoms with Crippen LogP contribution in [0.5, 0.6) is 5.75 Å². The van der Waals surface area contributed by atoms with Gasteiger partial charge in [0.2, 0.25) is 10.0 Å². The van der Waals surface area contributed by atoms with Crippen molar-refractivity contribution in [2.24, 2.45) is 0 Å². The second-order valence-electron chi connectivity index (χ2n) is 6.97. The summed E-state index contributed by atoms with van der Waals surface area (Å²) >= 11 is 0. The molecule has 0 atom stereocenters. The molecule has 1 amide bonds. The molecule has 8 nitrogen and oxygen atoms in total. The zero-order valence-electron chi connectivity index (χ0n) is 16.9. The van der Waals surface area contributed by atoms with E-state index in [2.05, 4.69) is 10.3 Å². The number of nitrogens with one attached hydrogen (secondary N) is 1. The van der Waals surface area contributed by atoms with Gasteiger partial charge in [-0.3, -0.25) is 13.8 Å². The molecule has 0 aliphatic heterocycles. The van der Waals surface area contributed by atoms with E-state index in [1.807, 2.05) is 42.5 Å². The minimum atomic E-state index is -3.43. The summed E-state index contributed by atoms with van der Waals surface area (Å²) < 4.78 is 29.4. The molecule has 158 valence electrons. The number of rotatable bonds is 6. The molecule has 0 spiro atoms. The van der Waals surface area contributed by atoms with Crippen LogP contribution in [-0.4, -0.2) is 41.6 Å². The van der Waals surface area contributed by atoms with Crippen molar-refractivity contribution in [2.45, 2.75) is 6.54 Å². The summed E-state index contributed by atoms with van der Waals surface area (Å²) in [6.45, 7) is 0.184. The maximum Gasteiger partial charge on any atom is 0.253 e. The third kappa shape index (κ3) is 4.56. The average molecular weight is 436 g/mol. The normalized spacial score (nSPS) is 11.4. The minimum Gasteiger partial charge on any atom is -0.497 e. The number of nitrogens with zero attached hydrogens (tertiary/aromatic N) is 3. The Morgan fingerprint density at radius 1 is 1.16 bits per heavy atom. The van der Waals surface area contributed by atoms with Crippen molar-refractivity contribution in [3.8, 4) is 17.0 Å². The van der Waals surface area contributed by atoms with Crippen LogP contribution in [-0.2, 0) is 16.6 Å². The molecule has 4 aromatic rings. The lowest BCUT2D eigenvalue weighted by Gasteiger charge is -2.07. The lowest BCUT2D eigenvalue weighted by atomic mass is 10.1. The standard InChI is InChI=1S/C22H20N4O4S/c1-30-19-5-3-4-15(10-19)20-7-6-16-12-23-18(11-21(16)25-20)13-24-22(27)17-8-9-26(14-17)31(2,28)29/h3-12,14H,13H2,1-2H3,(H,24,27). The van der Waals surface area contributed by atoms with Gasteiger partial charge < -0.3 is 10.1 Å². The zero-order valence-corrected chi connectivity index (χ0v) is 17.8. The molecule has 0 saturated heterocycles. The fourth-order valence-corrected chi connectivity index (χ4v) is 3.68. The summed E-state index contributed by atoms with van der Waals surface area (Å²) in [5.74, 6) is 0.365. The first-order chi connectivity index (χ1) is 14.8. The smallest absolute Gasteiger partial charge is 0.253 e. The molecule has 0 bridgehead atoms. The first kappa shape index (κ1) is 20.5. The van der Waals surface area contributed by atoms with E-state index in [9.17, 15) is 13.2 Å².